The van der Waals surface area contributed by atoms with Gasteiger partial charge in [0.25, 0.3) is 0 Å². The normalized spacial score (nSPS) is 21.9. The van der Waals surface area contributed by atoms with E-state index in [4.69, 9.17) is 5.73 Å². The zero-order chi connectivity index (χ0) is 11.2. The summed E-state index contributed by atoms with van der Waals surface area (Å²) in [6.07, 6.45) is 5.69. The molecule has 0 aromatic heterocycles. The monoisotopic (exact) mass is 216 g/mol. The molecule has 0 radical (unpaired) electrons. The Morgan fingerprint density at radius 2 is 2.12 bits per heavy atom. The standard InChI is InChI=1S/C14H20N2/c15-11-14-8-10-16(12-14)9-4-7-13-5-2-1-3-6-13/h1-7,14H,8-12,15H2/b7-4+. The number of nitrogens with zero attached hydrogens (tertiary/aromatic N) is 1. The van der Waals surface area contributed by atoms with Crippen LogP contribution in [-0.2, 0) is 0 Å². The number of rotatable bonds is 4. The summed E-state index contributed by atoms with van der Waals surface area (Å²) in [4.78, 5) is 2.47. The fourth-order valence-electron chi connectivity index (χ4n) is 2.17. The molecule has 1 aliphatic rings. The number of nitrogens with two attached hydrogens (primary N) is 1. The lowest BCUT2D eigenvalue weighted by Gasteiger charge is -2.12. The summed E-state index contributed by atoms with van der Waals surface area (Å²) in [5.74, 6) is 0.713. The maximum Gasteiger partial charge on any atom is 0.0166 e. The van der Waals surface area contributed by atoms with E-state index in [2.05, 4.69) is 41.3 Å². The molecule has 1 unspecified atom stereocenters. The van der Waals surface area contributed by atoms with Gasteiger partial charge < -0.3 is 5.73 Å². The van der Waals surface area contributed by atoms with Crippen LogP contribution in [0.4, 0.5) is 0 Å². The highest BCUT2D eigenvalue weighted by Gasteiger charge is 2.19. The summed E-state index contributed by atoms with van der Waals surface area (Å²) < 4.78 is 0. The van der Waals surface area contributed by atoms with E-state index < -0.39 is 0 Å². The number of hydrogen-bond acceptors (Lipinski definition) is 2. The van der Waals surface area contributed by atoms with Gasteiger partial charge in [0.15, 0.2) is 0 Å². The van der Waals surface area contributed by atoms with Crippen molar-refractivity contribution in [1.82, 2.24) is 4.90 Å². The van der Waals surface area contributed by atoms with Crippen molar-refractivity contribution in [2.24, 2.45) is 11.7 Å². The first-order valence-electron chi connectivity index (χ1n) is 6.02. The Hall–Kier alpha value is -1.12. The Morgan fingerprint density at radius 1 is 1.31 bits per heavy atom. The Morgan fingerprint density at radius 3 is 2.81 bits per heavy atom. The third kappa shape index (κ3) is 3.19. The molecule has 1 atom stereocenters. The van der Waals surface area contributed by atoms with Gasteiger partial charge in [-0.25, -0.2) is 0 Å². The van der Waals surface area contributed by atoms with Gasteiger partial charge in [-0.05, 0) is 31.0 Å². The van der Waals surface area contributed by atoms with E-state index >= 15 is 0 Å². The van der Waals surface area contributed by atoms with Gasteiger partial charge in [0.2, 0.25) is 0 Å². The fourth-order valence-corrected chi connectivity index (χ4v) is 2.17. The van der Waals surface area contributed by atoms with Crippen LogP contribution in [0.2, 0.25) is 0 Å². The second-order valence-corrected chi connectivity index (χ2v) is 4.46. The summed E-state index contributed by atoms with van der Waals surface area (Å²) >= 11 is 0. The Balaban J connectivity index is 1.78. The van der Waals surface area contributed by atoms with E-state index in [0.29, 0.717) is 5.92 Å². The van der Waals surface area contributed by atoms with Crippen LogP contribution in [0.1, 0.15) is 12.0 Å². The van der Waals surface area contributed by atoms with Crippen LogP contribution < -0.4 is 5.73 Å². The smallest absolute Gasteiger partial charge is 0.0166 e. The average Bonchev–Trinajstić information content (AvgIpc) is 2.78. The van der Waals surface area contributed by atoms with Gasteiger partial charge in [-0.1, -0.05) is 42.5 Å². The topological polar surface area (TPSA) is 29.3 Å². The molecule has 86 valence electrons. The summed E-state index contributed by atoms with van der Waals surface area (Å²) in [6, 6.07) is 10.4. The third-order valence-corrected chi connectivity index (χ3v) is 3.18. The van der Waals surface area contributed by atoms with Crippen LogP contribution in [0.15, 0.2) is 36.4 Å². The second-order valence-electron chi connectivity index (χ2n) is 4.46. The minimum Gasteiger partial charge on any atom is -0.330 e. The largest absolute Gasteiger partial charge is 0.330 e. The van der Waals surface area contributed by atoms with Crippen LogP contribution in [0.25, 0.3) is 6.08 Å². The van der Waals surface area contributed by atoms with E-state index in [1.165, 1.54) is 18.5 Å². The van der Waals surface area contributed by atoms with E-state index in [1.807, 2.05) is 6.07 Å². The molecule has 1 heterocycles. The highest BCUT2D eigenvalue weighted by Crippen LogP contribution is 2.14. The van der Waals surface area contributed by atoms with Crippen LogP contribution >= 0.6 is 0 Å². The van der Waals surface area contributed by atoms with Crippen molar-refractivity contribution in [1.29, 1.82) is 0 Å². The minimum atomic E-state index is 0.713. The van der Waals surface area contributed by atoms with E-state index in [1.54, 1.807) is 0 Å². The predicted molar refractivity (Wildman–Crippen MR) is 69.1 cm³/mol. The molecular formula is C14H20N2. The lowest BCUT2D eigenvalue weighted by molar-refractivity contribution is 0.361. The first-order valence-corrected chi connectivity index (χ1v) is 6.02. The molecule has 0 saturated carbocycles. The van der Waals surface area contributed by atoms with Crippen molar-refractivity contribution in [3.05, 3.63) is 42.0 Å². The van der Waals surface area contributed by atoms with Gasteiger partial charge in [-0.2, -0.15) is 0 Å². The zero-order valence-electron chi connectivity index (χ0n) is 9.68. The van der Waals surface area contributed by atoms with Crippen LogP contribution in [0.5, 0.6) is 0 Å². The Bertz CT molecular complexity index is 332. The molecule has 16 heavy (non-hydrogen) atoms. The lowest BCUT2D eigenvalue weighted by atomic mass is 10.1. The van der Waals surface area contributed by atoms with Gasteiger partial charge in [0, 0.05) is 13.1 Å². The molecule has 1 aromatic carbocycles. The fraction of sp³-hybridized carbons (Fsp3) is 0.429. The molecule has 1 aromatic rings. The first kappa shape index (κ1) is 11.4. The molecule has 0 amide bonds. The molecule has 1 saturated heterocycles. The van der Waals surface area contributed by atoms with Crippen molar-refractivity contribution >= 4 is 6.08 Å². The highest BCUT2D eigenvalue weighted by molar-refractivity contribution is 5.48. The van der Waals surface area contributed by atoms with Crippen molar-refractivity contribution in [3.63, 3.8) is 0 Å². The van der Waals surface area contributed by atoms with Crippen molar-refractivity contribution in [3.8, 4) is 0 Å². The van der Waals surface area contributed by atoms with E-state index in [0.717, 1.165) is 19.6 Å². The predicted octanol–water partition coefficient (Wildman–Crippen LogP) is 1.98. The number of hydrogen-bond donors (Lipinski definition) is 1. The molecule has 1 aliphatic heterocycles. The van der Waals surface area contributed by atoms with Crippen LogP contribution in [0.3, 0.4) is 0 Å². The molecule has 1 fully saturated rings. The van der Waals surface area contributed by atoms with Crippen LogP contribution in [-0.4, -0.2) is 31.1 Å². The maximum atomic E-state index is 5.67. The molecule has 0 aliphatic carbocycles. The molecule has 2 nitrogen and oxygen atoms in total. The van der Waals surface area contributed by atoms with Gasteiger partial charge in [0.1, 0.15) is 0 Å². The summed E-state index contributed by atoms with van der Waals surface area (Å²) in [7, 11) is 0. The van der Waals surface area contributed by atoms with E-state index in [-0.39, 0.29) is 0 Å². The summed E-state index contributed by atoms with van der Waals surface area (Å²) in [5.41, 5.74) is 6.95. The highest BCUT2D eigenvalue weighted by atomic mass is 15.1. The third-order valence-electron chi connectivity index (χ3n) is 3.18. The summed E-state index contributed by atoms with van der Waals surface area (Å²) in [6.45, 7) is 4.24. The molecule has 2 N–H and O–H groups in total. The first-order chi connectivity index (χ1) is 7.88. The molecule has 0 bridgehead atoms. The molecule has 2 heteroatoms. The number of benzene rings is 1. The number of likely N-dealkylation sites (tertiary alicyclic amines) is 1. The second kappa shape index (κ2) is 5.83. The molecule has 2 rings (SSSR count). The maximum absolute atomic E-state index is 5.67. The Kier molecular flexibility index (Phi) is 4.14. The molecule has 0 spiro atoms. The lowest BCUT2D eigenvalue weighted by Crippen LogP contribution is -2.23. The Labute approximate surface area is 97.8 Å². The quantitative estimate of drug-likeness (QED) is 0.834. The van der Waals surface area contributed by atoms with Crippen molar-refractivity contribution in [2.45, 2.75) is 6.42 Å². The minimum absolute atomic E-state index is 0.713. The zero-order valence-corrected chi connectivity index (χ0v) is 9.68. The van der Waals surface area contributed by atoms with E-state index in [9.17, 15) is 0 Å². The van der Waals surface area contributed by atoms with Gasteiger partial charge in [-0.15, -0.1) is 0 Å². The molecular weight excluding hydrogens is 196 g/mol. The van der Waals surface area contributed by atoms with Crippen LogP contribution in [0, 0.1) is 5.92 Å². The SMILES string of the molecule is NCC1CCN(C/C=C/c2ccccc2)C1. The van der Waals surface area contributed by atoms with Gasteiger partial charge in [-0.3, -0.25) is 4.90 Å². The van der Waals surface area contributed by atoms with Crippen molar-refractivity contribution < 1.29 is 0 Å². The summed E-state index contributed by atoms with van der Waals surface area (Å²) in [5, 5.41) is 0. The van der Waals surface area contributed by atoms with Gasteiger partial charge in [0.05, 0.1) is 0 Å². The average molecular weight is 216 g/mol. The van der Waals surface area contributed by atoms with Crippen molar-refractivity contribution in [2.75, 3.05) is 26.2 Å². The van der Waals surface area contributed by atoms with Gasteiger partial charge >= 0.3 is 0 Å².